The summed E-state index contributed by atoms with van der Waals surface area (Å²) in [5.41, 5.74) is 6.36. The lowest BCUT2D eigenvalue weighted by atomic mass is 10.1. The third-order valence-corrected chi connectivity index (χ3v) is 3.90. The lowest BCUT2D eigenvalue weighted by molar-refractivity contribution is 0.101. The van der Waals surface area contributed by atoms with Gasteiger partial charge in [-0.3, -0.25) is 4.79 Å². The van der Waals surface area contributed by atoms with Gasteiger partial charge in [-0.1, -0.05) is 48.5 Å². The largest absolute Gasteiger partial charge is 0.295 e. The molecule has 6 heteroatoms. The molecule has 6 nitrogen and oxygen atoms in total. The predicted octanol–water partition coefficient (Wildman–Crippen LogP) is 2.98. The van der Waals surface area contributed by atoms with Crippen LogP contribution in [0.25, 0.3) is 11.4 Å². The van der Waals surface area contributed by atoms with Crippen molar-refractivity contribution in [3.63, 3.8) is 0 Å². The fourth-order valence-electron chi connectivity index (χ4n) is 2.62. The second kappa shape index (κ2) is 5.73. The predicted molar refractivity (Wildman–Crippen MR) is 92.1 cm³/mol. The molecule has 0 saturated heterocycles. The summed E-state index contributed by atoms with van der Waals surface area (Å²) in [4.78, 5) is 16.0. The van der Waals surface area contributed by atoms with E-state index in [-0.39, 0.29) is 5.78 Å². The lowest BCUT2D eigenvalue weighted by Gasteiger charge is -2.13. The van der Waals surface area contributed by atoms with Crippen molar-refractivity contribution in [2.24, 2.45) is 5.10 Å². The SMILES string of the molecule is CC(=O)c1cccc(-c2nc3n(n2)CC(c2ccccc2)=NN3)c1. The first-order valence-electron chi connectivity index (χ1n) is 7.65. The molecule has 0 unspecified atom stereocenters. The van der Waals surface area contributed by atoms with Crippen LogP contribution in [-0.2, 0) is 6.54 Å². The number of hydrazone groups is 1. The van der Waals surface area contributed by atoms with Gasteiger partial charge in [0.25, 0.3) is 0 Å². The second-order valence-electron chi connectivity index (χ2n) is 5.59. The molecule has 1 aliphatic heterocycles. The summed E-state index contributed by atoms with van der Waals surface area (Å²) in [5.74, 6) is 1.19. The fourth-order valence-corrected chi connectivity index (χ4v) is 2.62. The minimum atomic E-state index is 0.0219. The Hall–Kier alpha value is -3.28. The quantitative estimate of drug-likeness (QED) is 0.754. The Morgan fingerprint density at radius 2 is 1.88 bits per heavy atom. The van der Waals surface area contributed by atoms with Crippen molar-refractivity contribution in [2.75, 3.05) is 5.43 Å². The number of Topliss-reactive ketones (excluding diaryl/α,β-unsaturated/α-hetero) is 1. The zero-order chi connectivity index (χ0) is 16.5. The summed E-state index contributed by atoms with van der Waals surface area (Å²) >= 11 is 0. The van der Waals surface area contributed by atoms with Crippen molar-refractivity contribution in [3.8, 4) is 11.4 Å². The summed E-state index contributed by atoms with van der Waals surface area (Å²) in [6.07, 6.45) is 0. The van der Waals surface area contributed by atoms with Gasteiger partial charge < -0.3 is 0 Å². The molecule has 1 aromatic heterocycles. The number of rotatable bonds is 3. The number of anilines is 1. The van der Waals surface area contributed by atoms with Gasteiger partial charge in [0.1, 0.15) is 0 Å². The topological polar surface area (TPSA) is 72.2 Å². The average molecular weight is 317 g/mol. The number of nitrogens with zero attached hydrogens (tertiary/aromatic N) is 4. The van der Waals surface area contributed by atoms with E-state index in [0.29, 0.717) is 23.9 Å². The maximum atomic E-state index is 11.5. The maximum absolute atomic E-state index is 11.5. The number of benzene rings is 2. The van der Waals surface area contributed by atoms with E-state index in [1.54, 1.807) is 17.7 Å². The molecular formula is C18H15N5O. The van der Waals surface area contributed by atoms with Crippen LogP contribution in [0.2, 0.25) is 0 Å². The third-order valence-electron chi connectivity index (χ3n) is 3.90. The highest BCUT2D eigenvalue weighted by Crippen LogP contribution is 2.21. The van der Waals surface area contributed by atoms with Crippen molar-refractivity contribution in [2.45, 2.75) is 13.5 Å². The Labute approximate surface area is 138 Å². The van der Waals surface area contributed by atoms with E-state index >= 15 is 0 Å². The van der Waals surface area contributed by atoms with Gasteiger partial charge in [-0.25, -0.2) is 10.1 Å². The summed E-state index contributed by atoms with van der Waals surface area (Å²) in [5, 5.41) is 8.93. The highest BCUT2D eigenvalue weighted by Gasteiger charge is 2.18. The molecule has 0 bridgehead atoms. The van der Waals surface area contributed by atoms with Crippen LogP contribution < -0.4 is 5.43 Å². The summed E-state index contributed by atoms with van der Waals surface area (Å²) in [6.45, 7) is 2.10. The molecule has 0 spiro atoms. The van der Waals surface area contributed by atoms with Crippen molar-refractivity contribution >= 4 is 17.4 Å². The van der Waals surface area contributed by atoms with Crippen LogP contribution in [0.15, 0.2) is 59.7 Å². The lowest BCUT2D eigenvalue weighted by Crippen LogP contribution is -2.21. The van der Waals surface area contributed by atoms with Crippen LogP contribution in [0.5, 0.6) is 0 Å². The molecule has 1 N–H and O–H groups in total. The van der Waals surface area contributed by atoms with Gasteiger partial charge in [0, 0.05) is 11.1 Å². The number of carbonyl (C=O) groups excluding carboxylic acids is 1. The molecule has 118 valence electrons. The summed E-state index contributed by atoms with van der Waals surface area (Å²) < 4.78 is 1.78. The van der Waals surface area contributed by atoms with Gasteiger partial charge in [0.15, 0.2) is 11.6 Å². The first-order valence-corrected chi connectivity index (χ1v) is 7.65. The first kappa shape index (κ1) is 14.3. The molecule has 0 amide bonds. The molecule has 0 saturated carbocycles. The van der Waals surface area contributed by atoms with Crippen molar-refractivity contribution in [1.82, 2.24) is 14.8 Å². The smallest absolute Gasteiger partial charge is 0.242 e. The maximum Gasteiger partial charge on any atom is 0.242 e. The molecule has 0 atom stereocenters. The molecule has 0 radical (unpaired) electrons. The molecule has 0 aliphatic carbocycles. The molecule has 2 aromatic carbocycles. The Bertz CT molecular complexity index is 943. The number of ketones is 1. The van der Waals surface area contributed by atoms with Crippen LogP contribution in [0, 0.1) is 0 Å². The van der Waals surface area contributed by atoms with E-state index in [2.05, 4.69) is 20.6 Å². The van der Waals surface area contributed by atoms with E-state index < -0.39 is 0 Å². The normalized spacial score (nSPS) is 13.0. The van der Waals surface area contributed by atoms with E-state index in [1.807, 2.05) is 48.5 Å². The highest BCUT2D eigenvalue weighted by atomic mass is 16.1. The van der Waals surface area contributed by atoms with Crippen LogP contribution in [0.4, 0.5) is 5.95 Å². The Balaban J connectivity index is 1.65. The molecule has 4 rings (SSSR count). The number of hydrogen-bond acceptors (Lipinski definition) is 5. The Morgan fingerprint density at radius 1 is 1.08 bits per heavy atom. The van der Waals surface area contributed by atoms with Gasteiger partial charge in [0.05, 0.1) is 12.3 Å². The summed E-state index contributed by atoms with van der Waals surface area (Å²) in [7, 11) is 0. The Morgan fingerprint density at radius 3 is 2.67 bits per heavy atom. The number of carbonyl (C=O) groups is 1. The zero-order valence-electron chi connectivity index (χ0n) is 13.1. The molecule has 1 aliphatic rings. The zero-order valence-corrected chi connectivity index (χ0v) is 13.1. The number of hydrogen-bond donors (Lipinski definition) is 1. The van der Waals surface area contributed by atoms with Crippen molar-refractivity contribution in [1.29, 1.82) is 0 Å². The van der Waals surface area contributed by atoms with Crippen LogP contribution in [0.1, 0.15) is 22.8 Å². The average Bonchev–Trinajstić information content (AvgIpc) is 3.06. The number of nitrogens with one attached hydrogen (secondary N) is 1. The second-order valence-corrected chi connectivity index (χ2v) is 5.59. The van der Waals surface area contributed by atoms with Gasteiger partial charge in [0.2, 0.25) is 5.95 Å². The first-order chi connectivity index (χ1) is 11.7. The number of aromatic nitrogens is 3. The van der Waals surface area contributed by atoms with Crippen molar-refractivity contribution in [3.05, 3.63) is 65.7 Å². The minimum absolute atomic E-state index is 0.0219. The van der Waals surface area contributed by atoms with E-state index in [1.165, 1.54) is 0 Å². The Kier molecular flexibility index (Phi) is 3.42. The molecule has 2 heterocycles. The van der Waals surface area contributed by atoms with E-state index in [4.69, 9.17) is 0 Å². The standard InChI is InChI=1S/C18H15N5O/c1-12(24)14-8-5-9-15(10-14)17-19-18-21-20-16(11-23(18)22-17)13-6-3-2-4-7-13/h2-10H,11H2,1H3,(H,19,21,22). The van der Waals surface area contributed by atoms with Gasteiger partial charge in [-0.2, -0.15) is 10.1 Å². The fraction of sp³-hybridized carbons (Fsp3) is 0.111. The summed E-state index contributed by atoms with van der Waals surface area (Å²) in [6, 6.07) is 17.3. The van der Waals surface area contributed by atoms with Gasteiger partial charge in [-0.05, 0) is 18.6 Å². The van der Waals surface area contributed by atoms with Gasteiger partial charge >= 0.3 is 0 Å². The minimum Gasteiger partial charge on any atom is -0.295 e. The van der Waals surface area contributed by atoms with Crippen LogP contribution >= 0.6 is 0 Å². The van der Waals surface area contributed by atoms with Crippen LogP contribution in [0.3, 0.4) is 0 Å². The van der Waals surface area contributed by atoms with Crippen molar-refractivity contribution < 1.29 is 4.79 Å². The molecule has 0 fully saturated rings. The molecular weight excluding hydrogens is 302 g/mol. The number of fused-ring (bicyclic) bond motifs is 1. The monoisotopic (exact) mass is 317 g/mol. The highest BCUT2D eigenvalue weighted by molar-refractivity contribution is 6.01. The van der Waals surface area contributed by atoms with E-state index in [9.17, 15) is 4.79 Å². The van der Waals surface area contributed by atoms with Gasteiger partial charge in [-0.15, -0.1) is 5.10 Å². The third kappa shape index (κ3) is 2.58. The molecule has 3 aromatic rings. The molecule has 24 heavy (non-hydrogen) atoms. The van der Waals surface area contributed by atoms with E-state index in [0.717, 1.165) is 16.8 Å². The van der Waals surface area contributed by atoms with Crippen LogP contribution in [-0.4, -0.2) is 26.3 Å².